The average Bonchev–Trinajstić information content (AvgIpc) is 2.78. The van der Waals surface area contributed by atoms with Crippen LogP contribution < -0.4 is 10.2 Å². The second-order valence-corrected chi connectivity index (χ2v) is 8.16. The molecule has 5 heteroatoms. The van der Waals surface area contributed by atoms with Crippen molar-refractivity contribution in [3.8, 4) is 5.75 Å². The van der Waals surface area contributed by atoms with E-state index in [1.54, 1.807) is 12.1 Å². The minimum absolute atomic E-state index is 0.00187. The van der Waals surface area contributed by atoms with Crippen LogP contribution in [0.4, 0.5) is 11.4 Å². The Morgan fingerprint density at radius 1 is 0.903 bits per heavy atom. The summed E-state index contributed by atoms with van der Waals surface area (Å²) in [6, 6.07) is 23.1. The van der Waals surface area contributed by atoms with Gasteiger partial charge < -0.3 is 15.3 Å². The first-order valence-corrected chi connectivity index (χ1v) is 10.7. The van der Waals surface area contributed by atoms with Crippen molar-refractivity contribution in [3.05, 3.63) is 89.5 Å². The fourth-order valence-electron chi connectivity index (χ4n) is 4.14. The predicted octanol–water partition coefficient (Wildman–Crippen LogP) is 4.51. The first-order valence-electron chi connectivity index (χ1n) is 10.7. The quantitative estimate of drug-likeness (QED) is 0.644. The molecule has 1 aliphatic rings. The summed E-state index contributed by atoms with van der Waals surface area (Å²) < 4.78 is 0. The molecule has 1 heterocycles. The van der Waals surface area contributed by atoms with E-state index in [1.165, 1.54) is 0 Å². The zero-order valence-corrected chi connectivity index (χ0v) is 18.1. The van der Waals surface area contributed by atoms with Gasteiger partial charge in [0.2, 0.25) is 5.91 Å². The van der Waals surface area contributed by atoms with Crippen molar-refractivity contribution in [1.82, 2.24) is 4.90 Å². The van der Waals surface area contributed by atoms with Crippen molar-refractivity contribution in [2.75, 3.05) is 36.4 Å². The molecule has 5 nitrogen and oxygen atoms in total. The van der Waals surface area contributed by atoms with Gasteiger partial charge in [0.1, 0.15) is 11.8 Å². The summed E-state index contributed by atoms with van der Waals surface area (Å²) in [5.74, 6) is 0.271. The van der Waals surface area contributed by atoms with Gasteiger partial charge in [-0.05, 0) is 60.9 Å². The first-order chi connectivity index (χ1) is 15.0. The number of nitrogens with one attached hydrogen (secondary N) is 1. The molecule has 31 heavy (non-hydrogen) atoms. The second kappa shape index (κ2) is 9.23. The van der Waals surface area contributed by atoms with Crippen LogP contribution in [-0.2, 0) is 4.79 Å². The molecule has 0 bridgehead atoms. The zero-order valence-electron chi connectivity index (χ0n) is 18.1. The van der Waals surface area contributed by atoms with Gasteiger partial charge in [-0.3, -0.25) is 9.69 Å². The molecule has 0 aliphatic carbocycles. The standard InChI is InChI=1S/C26H29N3O2/c1-19-8-9-20(2)24(18-19)27-26(31)25(21-6-4-3-5-7-21)29-16-14-28(15-17-29)22-10-12-23(30)13-11-22/h3-13,18,25,30H,14-17H2,1-2H3,(H,27,31). The molecule has 0 radical (unpaired) electrons. The van der Waals surface area contributed by atoms with Crippen LogP contribution in [0.25, 0.3) is 0 Å². The van der Waals surface area contributed by atoms with Crippen LogP contribution in [0, 0.1) is 13.8 Å². The van der Waals surface area contributed by atoms with E-state index in [2.05, 4.69) is 21.2 Å². The van der Waals surface area contributed by atoms with Crippen LogP contribution in [0.15, 0.2) is 72.8 Å². The molecule has 2 N–H and O–H groups in total. The third-order valence-electron chi connectivity index (χ3n) is 5.91. The van der Waals surface area contributed by atoms with Crippen molar-refractivity contribution < 1.29 is 9.90 Å². The Morgan fingerprint density at radius 3 is 2.26 bits per heavy atom. The molecule has 1 atom stereocenters. The van der Waals surface area contributed by atoms with Gasteiger partial charge in [-0.1, -0.05) is 42.5 Å². The zero-order chi connectivity index (χ0) is 21.8. The van der Waals surface area contributed by atoms with Crippen molar-refractivity contribution in [1.29, 1.82) is 0 Å². The van der Waals surface area contributed by atoms with E-state index in [9.17, 15) is 9.90 Å². The SMILES string of the molecule is Cc1ccc(C)c(NC(=O)C(c2ccccc2)N2CCN(c3ccc(O)cc3)CC2)c1. The number of hydrogen-bond donors (Lipinski definition) is 2. The van der Waals surface area contributed by atoms with Gasteiger partial charge >= 0.3 is 0 Å². The summed E-state index contributed by atoms with van der Waals surface area (Å²) in [5, 5.41) is 12.7. The number of nitrogens with zero attached hydrogens (tertiary/aromatic N) is 2. The number of anilines is 2. The Bertz CT molecular complexity index is 1030. The average molecular weight is 416 g/mol. The molecule has 1 amide bonds. The van der Waals surface area contributed by atoms with Gasteiger partial charge in [0, 0.05) is 37.6 Å². The topological polar surface area (TPSA) is 55.8 Å². The van der Waals surface area contributed by atoms with Gasteiger partial charge in [0.15, 0.2) is 0 Å². The number of hydrogen-bond acceptors (Lipinski definition) is 4. The molecule has 1 fully saturated rings. The number of carbonyl (C=O) groups excluding carboxylic acids is 1. The number of aryl methyl sites for hydroxylation is 2. The highest BCUT2D eigenvalue weighted by Gasteiger charge is 2.30. The van der Waals surface area contributed by atoms with E-state index in [0.29, 0.717) is 0 Å². The van der Waals surface area contributed by atoms with Crippen LogP contribution in [0.1, 0.15) is 22.7 Å². The predicted molar refractivity (Wildman–Crippen MR) is 126 cm³/mol. The highest BCUT2D eigenvalue weighted by Crippen LogP contribution is 2.27. The van der Waals surface area contributed by atoms with Crippen LogP contribution in [0.3, 0.4) is 0 Å². The summed E-state index contributed by atoms with van der Waals surface area (Å²) in [4.78, 5) is 18.0. The summed E-state index contributed by atoms with van der Waals surface area (Å²) in [6.07, 6.45) is 0. The smallest absolute Gasteiger partial charge is 0.246 e. The van der Waals surface area contributed by atoms with Crippen LogP contribution >= 0.6 is 0 Å². The molecule has 1 aliphatic heterocycles. The lowest BCUT2D eigenvalue weighted by molar-refractivity contribution is -0.121. The summed E-state index contributed by atoms with van der Waals surface area (Å²) in [6.45, 7) is 7.26. The van der Waals surface area contributed by atoms with Gasteiger partial charge in [0.05, 0.1) is 0 Å². The Hall–Kier alpha value is -3.31. The van der Waals surface area contributed by atoms with E-state index >= 15 is 0 Å². The van der Waals surface area contributed by atoms with Crippen LogP contribution in [0.2, 0.25) is 0 Å². The van der Waals surface area contributed by atoms with Crippen molar-refractivity contribution in [2.45, 2.75) is 19.9 Å². The normalized spacial score (nSPS) is 15.5. The molecule has 0 saturated carbocycles. The van der Waals surface area contributed by atoms with Crippen molar-refractivity contribution in [3.63, 3.8) is 0 Å². The number of aromatic hydroxyl groups is 1. The minimum Gasteiger partial charge on any atom is -0.508 e. The van der Waals surface area contributed by atoms with Gasteiger partial charge in [0.25, 0.3) is 0 Å². The maximum Gasteiger partial charge on any atom is 0.246 e. The lowest BCUT2D eigenvalue weighted by Crippen LogP contribution is -2.50. The summed E-state index contributed by atoms with van der Waals surface area (Å²) in [7, 11) is 0. The fraction of sp³-hybridized carbons (Fsp3) is 0.269. The number of carbonyl (C=O) groups is 1. The third-order valence-corrected chi connectivity index (χ3v) is 5.91. The number of rotatable bonds is 5. The van der Waals surface area contributed by atoms with Crippen molar-refractivity contribution in [2.24, 2.45) is 0 Å². The summed E-state index contributed by atoms with van der Waals surface area (Å²) >= 11 is 0. The molecule has 160 valence electrons. The molecule has 4 rings (SSSR count). The summed E-state index contributed by atoms with van der Waals surface area (Å²) in [5.41, 5.74) is 5.15. The molecule has 3 aromatic carbocycles. The van der Waals surface area contributed by atoms with Gasteiger partial charge in [-0.25, -0.2) is 0 Å². The van der Waals surface area contributed by atoms with E-state index in [1.807, 2.05) is 68.4 Å². The Morgan fingerprint density at radius 2 is 1.58 bits per heavy atom. The highest BCUT2D eigenvalue weighted by molar-refractivity contribution is 5.96. The molecule has 0 aromatic heterocycles. The van der Waals surface area contributed by atoms with Crippen molar-refractivity contribution >= 4 is 17.3 Å². The lowest BCUT2D eigenvalue weighted by Gasteiger charge is -2.39. The van der Waals surface area contributed by atoms with Crippen LogP contribution in [0.5, 0.6) is 5.75 Å². The lowest BCUT2D eigenvalue weighted by atomic mass is 10.0. The molecule has 3 aromatic rings. The maximum atomic E-state index is 13.5. The fourth-order valence-corrected chi connectivity index (χ4v) is 4.14. The Balaban J connectivity index is 1.53. The van der Waals surface area contributed by atoms with E-state index in [-0.39, 0.29) is 17.7 Å². The minimum atomic E-state index is -0.344. The second-order valence-electron chi connectivity index (χ2n) is 8.16. The number of benzene rings is 3. The Labute approximate surface area is 183 Å². The Kier molecular flexibility index (Phi) is 6.23. The largest absolute Gasteiger partial charge is 0.508 e. The third kappa shape index (κ3) is 4.89. The van der Waals surface area contributed by atoms with Crippen LogP contribution in [-0.4, -0.2) is 42.1 Å². The van der Waals surface area contributed by atoms with E-state index in [4.69, 9.17) is 0 Å². The number of piperazine rings is 1. The molecular weight excluding hydrogens is 386 g/mol. The monoisotopic (exact) mass is 415 g/mol. The molecule has 1 saturated heterocycles. The highest BCUT2D eigenvalue weighted by atomic mass is 16.3. The number of amides is 1. The molecular formula is C26H29N3O2. The van der Waals surface area contributed by atoms with Gasteiger partial charge in [-0.15, -0.1) is 0 Å². The molecule has 0 spiro atoms. The number of phenolic OH excluding ortho intramolecular Hbond substituents is 1. The number of phenols is 1. The van der Waals surface area contributed by atoms with E-state index in [0.717, 1.165) is 54.2 Å². The first kappa shape index (κ1) is 20.9. The maximum absolute atomic E-state index is 13.5. The molecule has 1 unspecified atom stereocenters. The van der Waals surface area contributed by atoms with Gasteiger partial charge in [-0.2, -0.15) is 0 Å². The van der Waals surface area contributed by atoms with E-state index < -0.39 is 0 Å².